The van der Waals surface area contributed by atoms with Gasteiger partial charge in [-0.15, -0.1) is 0 Å². The summed E-state index contributed by atoms with van der Waals surface area (Å²) in [6.07, 6.45) is 6.19. The Morgan fingerprint density at radius 3 is 2.55 bits per heavy atom. The van der Waals surface area contributed by atoms with Gasteiger partial charge in [0.1, 0.15) is 5.82 Å². The molecule has 0 spiro atoms. The lowest BCUT2D eigenvalue weighted by atomic mass is 9.77. The summed E-state index contributed by atoms with van der Waals surface area (Å²) in [4.78, 5) is 14.6. The monoisotopic (exact) mass is 400 g/mol. The van der Waals surface area contributed by atoms with E-state index < -0.39 is 5.60 Å². The number of aromatic nitrogens is 2. The smallest absolute Gasteiger partial charge is 0.317 e. The fourth-order valence-corrected chi connectivity index (χ4v) is 4.52. The third kappa shape index (κ3) is 4.29. The Balaban J connectivity index is 1.36. The molecule has 2 N–H and O–H groups in total. The Kier molecular flexibility index (Phi) is 5.34. The van der Waals surface area contributed by atoms with E-state index in [2.05, 4.69) is 10.4 Å². The standard InChI is InChI=1S/C22H29FN4O2/c1-22(2,29)16-3-7-18(8-4-16)25-21(28)26-12-11-20-15(14-26)13-24-27(20)19-9-5-17(23)6-10-19/h5-6,9-10,13,16,18,29H,3-4,7-8,11-12,14H2,1-2H3,(H,25,28). The molecule has 2 aliphatic rings. The summed E-state index contributed by atoms with van der Waals surface area (Å²) in [7, 11) is 0. The fraction of sp³-hybridized carbons (Fsp3) is 0.545. The van der Waals surface area contributed by atoms with Gasteiger partial charge < -0.3 is 15.3 Å². The van der Waals surface area contributed by atoms with Crippen molar-refractivity contribution in [3.05, 3.63) is 47.5 Å². The maximum absolute atomic E-state index is 13.2. The molecule has 156 valence electrons. The zero-order valence-electron chi connectivity index (χ0n) is 17.1. The van der Waals surface area contributed by atoms with Crippen LogP contribution in [0.2, 0.25) is 0 Å². The van der Waals surface area contributed by atoms with Crippen LogP contribution in [0.1, 0.15) is 50.8 Å². The Morgan fingerprint density at radius 2 is 1.90 bits per heavy atom. The summed E-state index contributed by atoms with van der Waals surface area (Å²) in [6, 6.07) is 6.43. The molecule has 0 bridgehead atoms. The molecule has 1 aromatic heterocycles. The highest BCUT2D eigenvalue weighted by atomic mass is 19.1. The molecule has 2 heterocycles. The van der Waals surface area contributed by atoms with Crippen molar-refractivity contribution < 1.29 is 14.3 Å². The van der Waals surface area contributed by atoms with Crippen LogP contribution >= 0.6 is 0 Å². The molecule has 1 aliphatic carbocycles. The first-order valence-corrected chi connectivity index (χ1v) is 10.4. The van der Waals surface area contributed by atoms with Crippen molar-refractivity contribution in [3.63, 3.8) is 0 Å². The van der Waals surface area contributed by atoms with Gasteiger partial charge in [0.15, 0.2) is 0 Å². The third-order valence-corrected chi connectivity index (χ3v) is 6.35. The molecule has 2 amide bonds. The fourth-order valence-electron chi connectivity index (χ4n) is 4.52. The number of carbonyl (C=O) groups excluding carboxylic acids is 1. The van der Waals surface area contributed by atoms with Crippen LogP contribution in [0, 0.1) is 11.7 Å². The molecule has 0 atom stereocenters. The van der Waals surface area contributed by atoms with Crippen LogP contribution in [-0.4, -0.2) is 44.0 Å². The zero-order chi connectivity index (χ0) is 20.6. The lowest BCUT2D eigenvalue weighted by Gasteiger charge is -2.37. The second-order valence-electron chi connectivity index (χ2n) is 8.83. The van der Waals surface area contributed by atoms with Gasteiger partial charge >= 0.3 is 6.03 Å². The minimum Gasteiger partial charge on any atom is -0.390 e. The Hall–Kier alpha value is -2.41. The molecule has 0 unspecified atom stereocenters. The zero-order valence-corrected chi connectivity index (χ0v) is 17.1. The quantitative estimate of drug-likeness (QED) is 0.830. The number of hydrogen-bond acceptors (Lipinski definition) is 3. The van der Waals surface area contributed by atoms with Gasteiger partial charge in [-0.2, -0.15) is 5.10 Å². The average molecular weight is 400 g/mol. The molecule has 2 aromatic rings. The molecule has 1 saturated carbocycles. The number of amides is 2. The van der Waals surface area contributed by atoms with Crippen molar-refractivity contribution in [1.82, 2.24) is 20.0 Å². The molecule has 7 heteroatoms. The highest BCUT2D eigenvalue weighted by Crippen LogP contribution is 2.32. The molecule has 1 aromatic carbocycles. The first kappa shape index (κ1) is 19.9. The van der Waals surface area contributed by atoms with E-state index in [0.717, 1.165) is 42.6 Å². The number of benzene rings is 1. The van der Waals surface area contributed by atoms with Gasteiger partial charge in [0.25, 0.3) is 0 Å². The van der Waals surface area contributed by atoms with Crippen molar-refractivity contribution >= 4 is 6.03 Å². The lowest BCUT2D eigenvalue weighted by Crippen LogP contribution is -2.48. The van der Waals surface area contributed by atoms with E-state index in [1.165, 1.54) is 12.1 Å². The maximum atomic E-state index is 13.2. The Morgan fingerprint density at radius 1 is 1.21 bits per heavy atom. The van der Waals surface area contributed by atoms with E-state index in [-0.39, 0.29) is 17.9 Å². The van der Waals surface area contributed by atoms with Crippen LogP contribution in [0.4, 0.5) is 9.18 Å². The van der Waals surface area contributed by atoms with Gasteiger partial charge in [-0.25, -0.2) is 13.9 Å². The summed E-state index contributed by atoms with van der Waals surface area (Å²) in [5, 5.41) is 17.8. The number of hydrogen-bond donors (Lipinski definition) is 2. The van der Waals surface area contributed by atoms with E-state index in [1.54, 1.807) is 18.3 Å². The highest BCUT2D eigenvalue weighted by Gasteiger charge is 2.33. The number of nitrogens with zero attached hydrogens (tertiary/aromatic N) is 3. The normalized spacial score (nSPS) is 22.3. The number of nitrogens with one attached hydrogen (secondary N) is 1. The predicted molar refractivity (Wildman–Crippen MR) is 108 cm³/mol. The molecule has 0 radical (unpaired) electrons. The Bertz CT molecular complexity index is 864. The first-order chi connectivity index (χ1) is 13.8. The molecule has 1 fully saturated rings. The van der Waals surface area contributed by atoms with Crippen LogP contribution in [0.3, 0.4) is 0 Å². The topological polar surface area (TPSA) is 70.4 Å². The Labute approximate surface area is 170 Å². The van der Waals surface area contributed by atoms with E-state index in [1.807, 2.05) is 23.4 Å². The van der Waals surface area contributed by atoms with Crippen LogP contribution < -0.4 is 5.32 Å². The number of carbonyl (C=O) groups is 1. The number of urea groups is 1. The average Bonchev–Trinajstić information content (AvgIpc) is 3.11. The van der Waals surface area contributed by atoms with Crippen molar-refractivity contribution in [2.75, 3.05) is 6.54 Å². The van der Waals surface area contributed by atoms with Gasteiger partial charge in [0, 0.05) is 24.6 Å². The van der Waals surface area contributed by atoms with Gasteiger partial charge in [0.05, 0.1) is 29.7 Å². The number of fused-ring (bicyclic) bond motifs is 1. The van der Waals surface area contributed by atoms with Crippen molar-refractivity contribution in [3.8, 4) is 5.69 Å². The minimum absolute atomic E-state index is 0.0307. The van der Waals surface area contributed by atoms with E-state index in [9.17, 15) is 14.3 Å². The third-order valence-electron chi connectivity index (χ3n) is 6.35. The van der Waals surface area contributed by atoms with Crippen LogP contribution in [0.5, 0.6) is 0 Å². The molecule has 0 saturated heterocycles. The summed E-state index contributed by atoms with van der Waals surface area (Å²) in [6.45, 7) is 4.90. The summed E-state index contributed by atoms with van der Waals surface area (Å²) >= 11 is 0. The van der Waals surface area contributed by atoms with Crippen molar-refractivity contribution in [2.24, 2.45) is 5.92 Å². The van der Waals surface area contributed by atoms with Crippen LogP contribution in [-0.2, 0) is 13.0 Å². The number of aliphatic hydroxyl groups is 1. The largest absolute Gasteiger partial charge is 0.390 e. The summed E-state index contributed by atoms with van der Waals surface area (Å²) in [5.74, 6) is 0.0275. The van der Waals surface area contributed by atoms with Gasteiger partial charge in [-0.05, 0) is 69.7 Å². The molecule has 1 aliphatic heterocycles. The molecule has 4 rings (SSSR count). The summed E-state index contributed by atoms with van der Waals surface area (Å²) < 4.78 is 15.0. The lowest BCUT2D eigenvalue weighted by molar-refractivity contribution is -0.00249. The second kappa shape index (κ2) is 7.78. The predicted octanol–water partition coefficient (Wildman–Crippen LogP) is 3.41. The minimum atomic E-state index is -0.650. The van der Waals surface area contributed by atoms with Crippen molar-refractivity contribution in [2.45, 2.75) is 64.1 Å². The number of rotatable bonds is 3. The molecular weight excluding hydrogens is 371 g/mol. The first-order valence-electron chi connectivity index (χ1n) is 10.4. The molecular formula is C22H29FN4O2. The molecule has 6 nitrogen and oxygen atoms in total. The van der Waals surface area contributed by atoms with E-state index in [0.29, 0.717) is 25.4 Å². The van der Waals surface area contributed by atoms with Crippen LogP contribution in [0.25, 0.3) is 5.69 Å². The second-order valence-corrected chi connectivity index (χ2v) is 8.83. The molecule has 29 heavy (non-hydrogen) atoms. The van der Waals surface area contributed by atoms with Crippen molar-refractivity contribution in [1.29, 1.82) is 0 Å². The summed E-state index contributed by atoms with van der Waals surface area (Å²) in [5.41, 5.74) is 2.28. The SMILES string of the molecule is CC(C)(O)C1CCC(NC(=O)N2CCc3c(cnn3-c3ccc(F)cc3)C2)CC1. The van der Waals surface area contributed by atoms with E-state index >= 15 is 0 Å². The van der Waals surface area contributed by atoms with E-state index in [4.69, 9.17) is 0 Å². The highest BCUT2D eigenvalue weighted by molar-refractivity contribution is 5.75. The maximum Gasteiger partial charge on any atom is 0.317 e. The van der Waals surface area contributed by atoms with Crippen LogP contribution in [0.15, 0.2) is 30.5 Å². The van der Waals surface area contributed by atoms with Gasteiger partial charge in [0.2, 0.25) is 0 Å². The number of halogens is 1. The van der Waals surface area contributed by atoms with Gasteiger partial charge in [-0.1, -0.05) is 0 Å². The van der Waals surface area contributed by atoms with Gasteiger partial charge in [-0.3, -0.25) is 0 Å².